The van der Waals surface area contributed by atoms with Crippen molar-refractivity contribution < 1.29 is 9.84 Å². The van der Waals surface area contributed by atoms with Crippen molar-refractivity contribution in [3.05, 3.63) is 58.7 Å². The zero-order chi connectivity index (χ0) is 26.8. The normalized spacial score (nSPS) is 35.9. The molecule has 4 bridgehead atoms. The van der Waals surface area contributed by atoms with Gasteiger partial charge in [0, 0.05) is 22.9 Å². The van der Waals surface area contributed by atoms with Gasteiger partial charge in [0.15, 0.2) is 0 Å². The molecule has 5 heteroatoms. The van der Waals surface area contributed by atoms with Gasteiger partial charge in [0.1, 0.15) is 11.5 Å². The van der Waals surface area contributed by atoms with Crippen molar-refractivity contribution in [2.24, 2.45) is 11.8 Å². The molecule has 0 radical (unpaired) electrons. The molecule has 2 heterocycles. The molecule has 2 aliphatic heterocycles. The van der Waals surface area contributed by atoms with Crippen molar-refractivity contribution >= 4 is 17.0 Å². The van der Waals surface area contributed by atoms with Gasteiger partial charge in [-0.25, -0.2) is 0 Å². The molecule has 0 aromatic heterocycles. The van der Waals surface area contributed by atoms with Crippen molar-refractivity contribution in [1.29, 1.82) is 0 Å². The number of nitrogens with zero attached hydrogens (tertiary/aromatic N) is 2. The topological polar surface area (TPSA) is 35.9 Å². The van der Waals surface area contributed by atoms with Crippen LogP contribution in [0, 0.1) is 11.8 Å². The Labute approximate surface area is 252 Å². The average molecular weight is 610 g/mol. The number of rotatable bonds is 1. The summed E-state index contributed by atoms with van der Waals surface area (Å²) >= 11 is 0. The zero-order valence-electron chi connectivity index (χ0n) is 24.8. The van der Waals surface area contributed by atoms with E-state index in [2.05, 4.69) is 54.2 Å². The Morgan fingerprint density at radius 1 is 0.725 bits per heavy atom. The molecular weight excluding hydrogens is 560 g/mol. The number of aromatic hydroxyl groups is 1. The van der Waals surface area contributed by atoms with Gasteiger partial charge in [-0.05, 0) is 137 Å². The van der Waals surface area contributed by atoms with Crippen molar-refractivity contribution in [2.45, 2.75) is 100.0 Å². The molecule has 4 aliphatic carbocycles. The highest BCUT2D eigenvalue weighted by atomic mass is 79.9. The van der Waals surface area contributed by atoms with E-state index < -0.39 is 0 Å². The quantitative estimate of drug-likeness (QED) is 0.376. The molecule has 1 N–H and O–H groups in total. The van der Waals surface area contributed by atoms with Gasteiger partial charge in [-0.15, -0.1) is 17.0 Å². The third-order valence-electron chi connectivity index (χ3n) is 12.4. The summed E-state index contributed by atoms with van der Waals surface area (Å²) in [7, 11) is 6.42. The number of piperidine rings is 2. The number of ether oxygens (including phenoxy) is 1. The molecule has 6 aliphatic rings. The molecule has 0 unspecified atom stereocenters. The molecular formula is C35H49BrN2O2. The SMILES string of the molecule is Br.CN1CC[C@]23CCCC[C@H]2[C@H]1Cc1ccc(O)cc13.COc1ccc2c(c1)[C@@]13CCCC[C@H]1[C@@H](C2)N(C)CC3. The minimum Gasteiger partial charge on any atom is -0.508 e. The van der Waals surface area contributed by atoms with Crippen LogP contribution in [-0.2, 0) is 23.7 Å². The highest BCUT2D eigenvalue weighted by molar-refractivity contribution is 8.93. The van der Waals surface area contributed by atoms with Gasteiger partial charge in [-0.2, -0.15) is 0 Å². The fraction of sp³-hybridized carbons (Fsp3) is 0.657. The van der Waals surface area contributed by atoms with Gasteiger partial charge in [-0.3, -0.25) is 0 Å². The molecule has 6 atom stereocenters. The van der Waals surface area contributed by atoms with Crippen LogP contribution in [0.3, 0.4) is 0 Å². The number of methoxy groups -OCH3 is 1. The molecule has 2 aromatic rings. The third kappa shape index (κ3) is 4.36. The highest BCUT2D eigenvalue weighted by Gasteiger charge is 2.54. The smallest absolute Gasteiger partial charge is 0.119 e. The molecule has 0 spiro atoms. The highest BCUT2D eigenvalue weighted by Crippen LogP contribution is 2.57. The average Bonchev–Trinajstić information content (AvgIpc) is 2.97. The van der Waals surface area contributed by atoms with E-state index in [9.17, 15) is 5.11 Å². The van der Waals surface area contributed by atoms with Crippen molar-refractivity contribution in [1.82, 2.24) is 9.80 Å². The number of hydrogen-bond acceptors (Lipinski definition) is 4. The number of phenols is 1. The van der Waals surface area contributed by atoms with Crippen molar-refractivity contribution in [3.8, 4) is 11.5 Å². The monoisotopic (exact) mass is 608 g/mol. The number of fused-ring (bicyclic) bond motifs is 2. The summed E-state index contributed by atoms with van der Waals surface area (Å²) in [4.78, 5) is 5.21. The minimum atomic E-state index is 0. The van der Waals surface area contributed by atoms with Crippen LogP contribution in [0.25, 0.3) is 0 Å². The summed E-state index contributed by atoms with van der Waals surface area (Å²) in [6.07, 6.45) is 16.1. The largest absolute Gasteiger partial charge is 0.508 e. The van der Waals surface area contributed by atoms with Crippen LogP contribution in [0.5, 0.6) is 11.5 Å². The Balaban J connectivity index is 0.000000141. The Kier molecular flexibility index (Phi) is 7.80. The summed E-state index contributed by atoms with van der Waals surface area (Å²) in [5, 5.41) is 9.91. The van der Waals surface area contributed by atoms with Crippen molar-refractivity contribution in [2.75, 3.05) is 34.3 Å². The molecule has 218 valence electrons. The summed E-state index contributed by atoms with van der Waals surface area (Å²) in [6, 6.07) is 14.4. The fourth-order valence-electron chi connectivity index (χ4n) is 10.5. The summed E-state index contributed by atoms with van der Waals surface area (Å²) in [5.74, 6) is 3.18. The predicted octanol–water partition coefficient (Wildman–Crippen LogP) is 7.04. The Hall–Kier alpha value is -1.56. The van der Waals surface area contributed by atoms with Crippen LogP contribution in [0.1, 0.15) is 86.5 Å². The van der Waals surface area contributed by atoms with Gasteiger partial charge >= 0.3 is 0 Å². The van der Waals surface area contributed by atoms with Gasteiger partial charge < -0.3 is 19.6 Å². The molecule has 2 aromatic carbocycles. The van der Waals surface area contributed by atoms with E-state index in [0.29, 0.717) is 16.6 Å². The van der Waals surface area contributed by atoms with E-state index in [1.807, 2.05) is 6.07 Å². The Morgan fingerprint density at radius 3 is 1.80 bits per heavy atom. The second kappa shape index (κ2) is 10.9. The summed E-state index contributed by atoms with van der Waals surface area (Å²) in [5.41, 5.74) is 7.03. The maximum absolute atomic E-state index is 9.91. The van der Waals surface area contributed by atoms with Crippen LogP contribution in [0.2, 0.25) is 0 Å². The maximum atomic E-state index is 9.91. The van der Waals surface area contributed by atoms with Crippen LogP contribution in [0.4, 0.5) is 0 Å². The number of likely N-dealkylation sites (tertiary alicyclic amines) is 2. The molecule has 40 heavy (non-hydrogen) atoms. The minimum absolute atomic E-state index is 0. The standard InChI is InChI=1S/C18H25NO.C17H23NO.BrH/c1-19-10-9-18-8-4-3-5-15(18)17(19)11-13-6-7-14(20-2)12-16(13)18;1-18-9-8-17-7-3-2-4-14(17)16(18)10-12-5-6-13(19)11-15(12)17;/h6-7,12,15,17H,3-5,8-11H2,1-2H3;5-6,11,14,16,19H,2-4,7-10H2,1H3;1H/t15-,17+,18+;14-,16+,17+;/m00./s1. The van der Waals surface area contributed by atoms with Crippen LogP contribution < -0.4 is 4.74 Å². The number of hydrogen-bond donors (Lipinski definition) is 1. The second-order valence-electron chi connectivity index (χ2n) is 13.9. The van der Waals surface area contributed by atoms with Gasteiger partial charge in [-0.1, -0.05) is 37.8 Å². The molecule has 0 amide bonds. The number of halogens is 1. The van der Waals surface area contributed by atoms with Crippen molar-refractivity contribution in [3.63, 3.8) is 0 Å². The Morgan fingerprint density at radius 2 is 1.25 bits per heavy atom. The van der Waals surface area contributed by atoms with Crippen LogP contribution in [0.15, 0.2) is 36.4 Å². The van der Waals surface area contributed by atoms with Crippen LogP contribution >= 0.6 is 17.0 Å². The first-order chi connectivity index (χ1) is 18.9. The van der Waals surface area contributed by atoms with Crippen LogP contribution in [-0.4, -0.2) is 61.3 Å². The second-order valence-corrected chi connectivity index (χ2v) is 13.9. The van der Waals surface area contributed by atoms with E-state index in [4.69, 9.17) is 4.74 Å². The number of benzene rings is 2. The summed E-state index contributed by atoms with van der Waals surface area (Å²) in [6.45, 7) is 2.48. The number of phenolic OH excluding ortho intramolecular Hbond substituents is 1. The third-order valence-corrected chi connectivity index (χ3v) is 12.4. The lowest BCUT2D eigenvalue weighted by molar-refractivity contribution is 0.00272. The van der Waals surface area contributed by atoms with E-state index in [0.717, 1.165) is 29.7 Å². The molecule has 8 rings (SSSR count). The van der Waals surface area contributed by atoms with E-state index in [1.165, 1.54) is 101 Å². The lowest BCUT2D eigenvalue weighted by Gasteiger charge is -2.58. The molecule has 4 fully saturated rings. The molecule has 2 saturated heterocycles. The van der Waals surface area contributed by atoms with E-state index in [-0.39, 0.29) is 17.0 Å². The van der Waals surface area contributed by atoms with Gasteiger partial charge in [0.05, 0.1) is 7.11 Å². The fourth-order valence-corrected chi connectivity index (χ4v) is 10.5. The first-order valence-corrected chi connectivity index (χ1v) is 15.9. The number of likely N-dealkylation sites (N-methyl/N-ethyl adjacent to an activating group) is 2. The lowest BCUT2D eigenvalue weighted by atomic mass is 9.52. The lowest BCUT2D eigenvalue weighted by Crippen LogP contribution is -2.59. The maximum Gasteiger partial charge on any atom is 0.119 e. The summed E-state index contributed by atoms with van der Waals surface area (Å²) < 4.78 is 5.51. The molecule has 4 nitrogen and oxygen atoms in total. The van der Waals surface area contributed by atoms with E-state index in [1.54, 1.807) is 18.2 Å². The van der Waals surface area contributed by atoms with Gasteiger partial charge in [0.2, 0.25) is 0 Å². The molecule has 2 saturated carbocycles. The first-order valence-electron chi connectivity index (χ1n) is 15.9. The predicted molar refractivity (Wildman–Crippen MR) is 168 cm³/mol. The first kappa shape index (κ1) is 28.6. The van der Waals surface area contributed by atoms with E-state index >= 15 is 0 Å². The van der Waals surface area contributed by atoms with Gasteiger partial charge in [0.25, 0.3) is 0 Å². The Bertz CT molecular complexity index is 1230. The zero-order valence-corrected chi connectivity index (χ0v) is 26.5.